The van der Waals surface area contributed by atoms with Gasteiger partial charge in [0, 0.05) is 24.4 Å². The molecular weight excluding hydrogens is 248 g/mol. The second-order valence-electron chi connectivity index (χ2n) is 3.90. The number of rotatable bonds is 6. The largest absolute Gasteiger partial charge is 0.313 e. The monoisotopic (exact) mass is 263 g/mol. The van der Waals surface area contributed by atoms with Crippen LogP contribution in [0, 0.1) is 11.6 Å². The first-order chi connectivity index (χ1) is 7.88. The van der Waals surface area contributed by atoms with E-state index in [0.29, 0.717) is 18.5 Å². The first kappa shape index (κ1) is 14.1. The van der Waals surface area contributed by atoms with Gasteiger partial charge in [-0.25, -0.2) is 17.2 Å². The Labute approximate surface area is 99.8 Å². The molecule has 0 aliphatic carbocycles. The summed E-state index contributed by atoms with van der Waals surface area (Å²) in [5.41, 5.74) is 0.366. The van der Waals surface area contributed by atoms with Crippen LogP contribution in [0.25, 0.3) is 0 Å². The summed E-state index contributed by atoms with van der Waals surface area (Å²) in [6, 6.07) is 3.39. The maximum absolute atomic E-state index is 13.2. The van der Waals surface area contributed by atoms with Gasteiger partial charge in [-0.1, -0.05) is 6.07 Å². The lowest BCUT2D eigenvalue weighted by molar-refractivity contribution is 0.558. The van der Waals surface area contributed by atoms with Crippen molar-refractivity contribution in [3.63, 3.8) is 0 Å². The van der Waals surface area contributed by atoms with Crippen molar-refractivity contribution in [3.8, 4) is 0 Å². The molecule has 1 rings (SSSR count). The van der Waals surface area contributed by atoms with E-state index in [1.54, 1.807) is 0 Å². The molecule has 0 spiro atoms. The number of benzene rings is 1. The van der Waals surface area contributed by atoms with Crippen LogP contribution >= 0.6 is 0 Å². The zero-order valence-corrected chi connectivity index (χ0v) is 10.4. The summed E-state index contributed by atoms with van der Waals surface area (Å²) >= 11 is 0. The minimum atomic E-state index is -2.95. The SMILES string of the molecule is CS(=O)(=O)CCCNCc1ccc(F)cc1F. The van der Waals surface area contributed by atoms with Gasteiger partial charge in [0.15, 0.2) is 0 Å². The van der Waals surface area contributed by atoms with E-state index in [1.807, 2.05) is 0 Å². The summed E-state index contributed by atoms with van der Waals surface area (Å²) < 4.78 is 47.4. The predicted octanol–water partition coefficient (Wildman–Crippen LogP) is 1.49. The average molecular weight is 263 g/mol. The molecule has 0 fully saturated rings. The molecule has 0 aromatic heterocycles. The quantitative estimate of drug-likeness (QED) is 0.791. The highest BCUT2D eigenvalue weighted by Crippen LogP contribution is 2.08. The summed E-state index contributed by atoms with van der Waals surface area (Å²) in [7, 11) is -2.95. The Morgan fingerprint density at radius 3 is 2.59 bits per heavy atom. The summed E-state index contributed by atoms with van der Waals surface area (Å²) in [6.45, 7) is 0.736. The molecule has 0 aliphatic rings. The summed E-state index contributed by atoms with van der Waals surface area (Å²) in [5, 5.41) is 2.91. The van der Waals surface area contributed by atoms with Crippen LogP contribution in [0.15, 0.2) is 18.2 Å². The van der Waals surface area contributed by atoms with E-state index in [2.05, 4.69) is 5.32 Å². The normalized spacial score (nSPS) is 11.7. The lowest BCUT2D eigenvalue weighted by Crippen LogP contribution is -2.18. The molecule has 1 N–H and O–H groups in total. The summed E-state index contributed by atoms with van der Waals surface area (Å²) in [4.78, 5) is 0. The van der Waals surface area contributed by atoms with Crippen molar-refractivity contribution >= 4 is 9.84 Å². The predicted molar refractivity (Wildman–Crippen MR) is 62.4 cm³/mol. The van der Waals surface area contributed by atoms with Gasteiger partial charge in [0.2, 0.25) is 0 Å². The van der Waals surface area contributed by atoms with Crippen LogP contribution in [0.1, 0.15) is 12.0 Å². The molecule has 0 saturated carbocycles. The molecular formula is C11H15F2NO2S. The van der Waals surface area contributed by atoms with E-state index in [1.165, 1.54) is 18.4 Å². The molecule has 6 heteroatoms. The van der Waals surface area contributed by atoms with Crippen LogP contribution < -0.4 is 5.32 Å². The third-order valence-electron chi connectivity index (χ3n) is 2.20. The molecule has 1 aromatic rings. The Hall–Kier alpha value is -1.01. The molecule has 0 amide bonds. The maximum atomic E-state index is 13.2. The van der Waals surface area contributed by atoms with Gasteiger partial charge >= 0.3 is 0 Å². The molecule has 0 unspecified atom stereocenters. The second kappa shape index (κ2) is 6.07. The van der Waals surface area contributed by atoms with E-state index >= 15 is 0 Å². The molecule has 96 valence electrons. The zero-order chi connectivity index (χ0) is 12.9. The minimum Gasteiger partial charge on any atom is -0.313 e. The van der Waals surface area contributed by atoms with Crippen molar-refractivity contribution in [2.24, 2.45) is 0 Å². The van der Waals surface area contributed by atoms with Crippen LogP contribution in [0.3, 0.4) is 0 Å². The summed E-state index contributed by atoms with van der Waals surface area (Å²) in [5.74, 6) is -1.10. The van der Waals surface area contributed by atoms with Crippen molar-refractivity contribution in [1.82, 2.24) is 5.32 Å². The smallest absolute Gasteiger partial charge is 0.147 e. The van der Waals surface area contributed by atoms with Gasteiger partial charge in [0.05, 0.1) is 5.75 Å². The standard InChI is InChI=1S/C11H15F2NO2S/c1-17(15,16)6-2-5-14-8-9-3-4-10(12)7-11(9)13/h3-4,7,14H,2,5-6,8H2,1H3. The fourth-order valence-corrected chi connectivity index (χ4v) is 2.02. The van der Waals surface area contributed by atoms with Crippen LogP contribution in [-0.4, -0.2) is 27.0 Å². The third kappa shape index (κ3) is 5.74. The van der Waals surface area contributed by atoms with E-state index < -0.39 is 21.5 Å². The maximum Gasteiger partial charge on any atom is 0.147 e. The van der Waals surface area contributed by atoms with Gasteiger partial charge in [-0.15, -0.1) is 0 Å². The highest BCUT2D eigenvalue weighted by Gasteiger charge is 2.04. The number of hydrogen-bond acceptors (Lipinski definition) is 3. The number of halogens is 2. The van der Waals surface area contributed by atoms with Gasteiger partial charge in [-0.2, -0.15) is 0 Å². The fourth-order valence-electron chi connectivity index (χ4n) is 1.35. The van der Waals surface area contributed by atoms with Crippen LogP contribution in [0.5, 0.6) is 0 Å². The molecule has 0 radical (unpaired) electrons. The summed E-state index contributed by atoms with van der Waals surface area (Å²) in [6.07, 6.45) is 1.65. The minimum absolute atomic E-state index is 0.103. The Morgan fingerprint density at radius 2 is 2.00 bits per heavy atom. The molecule has 1 aromatic carbocycles. The van der Waals surface area contributed by atoms with Gasteiger partial charge in [0.25, 0.3) is 0 Å². The molecule has 3 nitrogen and oxygen atoms in total. The molecule has 17 heavy (non-hydrogen) atoms. The van der Waals surface area contributed by atoms with Crippen LogP contribution in [-0.2, 0) is 16.4 Å². The molecule has 0 heterocycles. The number of nitrogens with one attached hydrogen (secondary N) is 1. The number of sulfone groups is 1. The molecule has 0 bridgehead atoms. The van der Waals surface area contributed by atoms with Crippen molar-refractivity contribution in [2.75, 3.05) is 18.6 Å². The Balaban J connectivity index is 2.32. The highest BCUT2D eigenvalue weighted by atomic mass is 32.2. The Bertz CT molecular complexity index is 474. The van der Waals surface area contributed by atoms with E-state index in [-0.39, 0.29) is 12.3 Å². The third-order valence-corrected chi connectivity index (χ3v) is 3.23. The Kier molecular flexibility index (Phi) is 5.02. The fraction of sp³-hybridized carbons (Fsp3) is 0.455. The lowest BCUT2D eigenvalue weighted by atomic mass is 10.2. The molecule has 0 atom stereocenters. The van der Waals surface area contributed by atoms with E-state index in [9.17, 15) is 17.2 Å². The van der Waals surface area contributed by atoms with E-state index in [4.69, 9.17) is 0 Å². The zero-order valence-electron chi connectivity index (χ0n) is 9.54. The highest BCUT2D eigenvalue weighted by molar-refractivity contribution is 7.90. The first-order valence-electron chi connectivity index (χ1n) is 5.21. The van der Waals surface area contributed by atoms with Crippen molar-refractivity contribution < 1.29 is 17.2 Å². The van der Waals surface area contributed by atoms with Gasteiger partial charge in [-0.05, 0) is 19.0 Å². The van der Waals surface area contributed by atoms with Crippen molar-refractivity contribution in [2.45, 2.75) is 13.0 Å². The first-order valence-corrected chi connectivity index (χ1v) is 7.27. The second-order valence-corrected chi connectivity index (χ2v) is 6.16. The molecule has 0 saturated heterocycles. The van der Waals surface area contributed by atoms with Crippen LogP contribution in [0.2, 0.25) is 0 Å². The van der Waals surface area contributed by atoms with Crippen molar-refractivity contribution in [3.05, 3.63) is 35.4 Å². The number of hydrogen-bond donors (Lipinski definition) is 1. The van der Waals surface area contributed by atoms with E-state index in [0.717, 1.165) is 6.07 Å². The Morgan fingerprint density at radius 1 is 1.29 bits per heavy atom. The van der Waals surface area contributed by atoms with Crippen LogP contribution in [0.4, 0.5) is 8.78 Å². The van der Waals surface area contributed by atoms with Crippen molar-refractivity contribution in [1.29, 1.82) is 0 Å². The topological polar surface area (TPSA) is 46.2 Å². The van der Waals surface area contributed by atoms with Gasteiger partial charge < -0.3 is 5.32 Å². The van der Waals surface area contributed by atoms with Gasteiger partial charge in [-0.3, -0.25) is 0 Å². The lowest BCUT2D eigenvalue weighted by Gasteiger charge is -2.05. The molecule has 0 aliphatic heterocycles. The average Bonchev–Trinajstić information content (AvgIpc) is 2.18. The van der Waals surface area contributed by atoms with Gasteiger partial charge in [0.1, 0.15) is 21.5 Å².